The first-order valence-electron chi connectivity index (χ1n) is 4.06. The van der Waals surface area contributed by atoms with E-state index in [9.17, 15) is 4.79 Å². The van der Waals surface area contributed by atoms with Crippen molar-refractivity contribution < 1.29 is 4.79 Å². The molecule has 0 aliphatic rings. The number of Topliss-reactive ketones (excluding diaryl/α,β-unsaturated/α-hetero) is 1. The Morgan fingerprint density at radius 3 is 2.57 bits per heavy atom. The highest BCUT2D eigenvalue weighted by Gasteiger charge is 2.03. The van der Waals surface area contributed by atoms with Crippen molar-refractivity contribution in [1.82, 2.24) is 10.9 Å². The molecule has 1 aromatic carbocycles. The molecule has 0 radical (unpaired) electrons. The number of nitrogens with one attached hydrogen (secondary N) is 2. The van der Waals surface area contributed by atoms with Gasteiger partial charge >= 0.3 is 0 Å². The van der Waals surface area contributed by atoms with Gasteiger partial charge in [-0.2, -0.15) is 0 Å². The number of rotatable bonds is 4. The molecule has 0 saturated heterocycles. The topological polar surface area (TPSA) is 67.2 Å². The molecule has 0 fully saturated rings. The molecule has 74 valence electrons. The second-order valence-electron chi connectivity index (χ2n) is 2.63. The summed E-state index contributed by atoms with van der Waals surface area (Å²) in [5, 5.41) is 0.117. The molecule has 0 bridgehead atoms. The van der Waals surface area contributed by atoms with Crippen LogP contribution < -0.4 is 16.6 Å². The van der Waals surface area contributed by atoms with Crippen LogP contribution in [-0.4, -0.2) is 17.4 Å². The molecule has 4 nitrogen and oxygen atoms in total. The summed E-state index contributed by atoms with van der Waals surface area (Å²) in [4.78, 5) is 11.4. The summed E-state index contributed by atoms with van der Waals surface area (Å²) in [5.74, 6) is -0.0191. The van der Waals surface area contributed by atoms with Crippen molar-refractivity contribution in [3.05, 3.63) is 35.9 Å². The van der Waals surface area contributed by atoms with Gasteiger partial charge in [0.2, 0.25) is 0 Å². The third kappa shape index (κ3) is 3.51. The van der Waals surface area contributed by atoms with Crippen molar-refractivity contribution in [3.63, 3.8) is 0 Å². The normalized spacial score (nSPS) is 9.43. The molecule has 0 atom stereocenters. The highest BCUT2D eigenvalue weighted by atomic mass is 32.1. The summed E-state index contributed by atoms with van der Waals surface area (Å²) in [6, 6.07) is 9.00. The van der Waals surface area contributed by atoms with E-state index in [0.717, 1.165) is 0 Å². The highest BCUT2D eigenvalue weighted by Crippen LogP contribution is 1.98. The maximum atomic E-state index is 11.4. The van der Waals surface area contributed by atoms with Crippen LogP contribution in [0.5, 0.6) is 0 Å². The number of hydrazine groups is 1. The first-order valence-corrected chi connectivity index (χ1v) is 4.47. The fourth-order valence-electron chi connectivity index (χ4n) is 0.938. The monoisotopic (exact) mass is 209 g/mol. The molecular formula is C9H11N3OS. The Kier molecular flexibility index (Phi) is 4.03. The van der Waals surface area contributed by atoms with Gasteiger partial charge in [0.1, 0.15) is 0 Å². The van der Waals surface area contributed by atoms with Gasteiger partial charge in [-0.1, -0.05) is 30.3 Å². The van der Waals surface area contributed by atoms with E-state index in [4.69, 9.17) is 5.73 Å². The van der Waals surface area contributed by atoms with E-state index in [-0.39, 0.29) is 17.4 Å². The lowest BCUT2D eigenvalue weighted by molar-refractivity contribution is 0.0989. The standard InChI is InChI=1S/C9H11N3OS/c10-9(14)12-11-6-8(13)7-4-2-1-3-5-7/h1-5,11H,6H2,(H3,10,12,14). The van der Waals surface area contributed by atoms with Crippen molar-refractivity contribution in [2.75, 3.05) is 6.54 Å². The smallest absolute Gasteiger partial charge is 0.178 e. The fraction of sp³-hybridized carbons (Fsp3) is 0.111. The zero-order chi connectivity index (χ0) is 10.4. The van der Waals surface area contributed by atoms with Gasteiger partial charge in [0.15, 0.2) is 10.9 Å². The van der Waals surface area contributed by atoms with Gasteiger partial charge < -0.3 is 5.73 Å². The van der Waals surface area contributed by atoms with Gasteiger partial charge in [-0.05, 0) is 12.2 Å². The number of hydrogen-bond acceptors (Lipinski definition) is 3. The molecule has 0 aromatic heterocycles. The van der Waals surface area contributed by atoms with Crippen LogP contribution in [0.2, 0.25) is 0 Å². The van der Waals surface area contributed by atoms with Crippen molar-refractivity contribution in [3.8, 4) is 0 Å². The summed E-state index contributed by atoms with van der Waals surface area (Å²) < 4.78 is 0. The van der Waals surface area contributed by atoms with E-state index in [2.05, 4.69) is 23.1 Å². The molecule has 1 rings (SSSR count). The third-order valence-corrected chi connectivity index (χ3v) is 1.66. The second-order valence-corrected chi connectivity index (χ2v) is 3.07. The third-order valence-electron chi connectivity index (χ3n) is 1.56. The lowest BCUT2D eigenvalue weighted by Crippen LogP contribution is -2.43. The predicted octanol–water partition coefficient (Wildman–Crippen LogP) is 0.207. The minimum Gasteiger partial charge on any atom is -0.375 e. The Hall–Kier alpha value is -1.46. The van der Waals surface area contributed by atoms with Gasteiger partial charge in [0.25, 0.3) is 0 Å². The van der Waals surface area contributed by atoms with Crippen LogP contribution in [0.1, 0.15) is 10.4 Å². The van der Waals surface area contributed by atoms with E-state index < -0.39 is 0 Å². The molecule has 0 amide bonds. The largest absolute Gasteiger partial charge is 0.375 e. The average Bonchev–Trinajstić information content (AvgIpc) is 2.18. The van der Waals surface area contributed by atoms with E-state index in [1.807, 2.05) is 18.2 Å². The molecule has 0 spiro atoms. The van der Waals surface area contributed by atoms with Crippen LogP contribution in [0, 0.1) is 0 Å². The van der Waals surface area contributed by atoms with Gasteiger partial charge in [0, 0.05) is 5.56 Å². The molecular weight excluding hydrogens is 198 g/mol. The van der Waals surface area contributed by atoms with Gasteiger partial charge in [0.05, 0.1) is 6.54 Å². The molecule has 1 aromatic rings. The lowest BCUT2D eigenvalue weighted by Gasteiger charge is -2.04. The zero-order valence-corrected chi connectivity index (χ0v) is 8.30. The van der Waals surface area contributed by atoms with E-state index >= 15 is 0 Å². The Bertz CT molecular complexity index is 326. The first-order chi connectivity index (χ1) is 6.70. The first kappa shape index (κ1) is 10.6. The molecule has 0 saturated carbocycles. The highest BCUT2D eigenvalue weighted by molar-refractivity contribution is 7.80. The van der Waals surface area contributed by atoms with Gasteiger partial charge in [-0.25, -0.2) is 5.43 Å². The fourth-order valence-corrected chi connectivity index (χ4v) is 1.01. The summed E-state index contributed by atoms with van der Waals surface area (Å²) in [6.07, 6.45) is 0. The van der Waals surface area contributed by atoms with Crippen LogP contribution in [-0.2, 0) is 0 Å². The number of benzene rings is 1. The van der Waals surface area contributed by atoms with Crippen molar-refractivity contribution in [2.24, 2.45) is 5.73 Å². The number of hydrogen-bond donors (Lipinski definition) is 3. The lowest BCUT2D eigenvalue weighted by atomic mass is 10.1. The predicted molar refractivity (Wildman–Crippen MR) is 58.7 cm³/mol. The van der Waals surface area contributed by atoms with E-state index in [1.54, 1.807) is 12.1 Å². The average molecular weight is 209 g/mol. The Morgan fingerprint density at radius 1 is 1.36 bits per heavy atom. The molecule has 0 aliphatic heterocycles. The summed E-state index contributed by atoms with van der Waals surface area (Å²) >= 11 is 4.56. The number of ketones is 1. The van der Waals surface area contributed by atoms with Crippen LogP contribution in [0.4, 0.5) is 0 Å². The number of carbonyl (C=O) groups is 1. The van der Waals surface area contributed by atoms with Crippen LogP contribution in [0.15, 0.2) is 30.3 Å². The summed E-state index contributed by atoms with van der Waals surface area (Å²) in [7, 11) is 0. The van der Waals surface area contributed by atoms with Gasteiger partial charge in [-0.15, -0.1) is 0 Å². The summed E-state index contributed by atoms with van der Waals surface area (Å²) in [6.45, 7) is 0.154. The summed E-state index contributed by atoms with van der Waals surface area (Å²) in [5.41, 5.74) is 10.9. The molecule has 4 N–H and O–H groups in total. The quantitative estimate of drug-likeness (QED) is 0.376. The molecule has 0 heterocycles. The van der Waals surface area contributed by atoms with Crippen molar-refractivity contribution in [2.45, 2.75) is 0 Å². The number of thiocarbonyl (C=S) groups is 1. The second kappa shape index (κ2) is 5.31. The zero-order valence-electron chi connectivity index (χ0n) is 7.49. The molecule has 14 heavy (non-hydrogen) atoms. The van der Waals surface area contributed by atoms with Crippen molar-refractivity contribution in [1.29, 1.82) is 0 Å². The molecule has 5 heteroatoms. The SMILES string of the molecule is NC(=S)NNCC(=O)c1ccccc1. The maximum Gasteiger partial charge on any atom is 0.178 e. The Labute approximate surface area is 87.5 Å². The minimum absolute atomic E-state index is 0.0191. The molecule has 0 unspecified atom stereocenters. The van der Waals surface area contributed by atoms with E-state index in [0.29, 0.717) is 5.56 Å². The Balaban J connectivity index is 2.40. The van der Waals surface area contributed by atoms with Crippen molar-refractivity contribution >= 4 is 23.1 Å². The van der Waals surface area contributed by atoms with Crippen LogP contribution in [0.3, 0.4) is 0 Å². The molecule has 0 aliphatic carbocycles. The van der Waals surface area contributed by atoms with E-state index in [1.165, 1.54) is 0 Å². The number of nitrogens with two attached hydrogens (primary N) is 1. The Morgan fingerprint density at radius 2 is 2.00 bits per heavy atom. The van der Waals surface area contributed by atoms with Crippen LogP contribution >= 0.6 is 12.2 Å². The maximum absolute atomic E-state index is 11.4. The number of carbonyl (C=O) groups excluding carboxylic acids is 1. The minimum atomic E-state index is -0.0191. The van der Waals surface area contributed by atoms with Crippen LogP contribution in [0.25, 0.3) is 0 Å². The van der Waals surface area contributed by atoms with Gasteiger partial charge in [-0.3, -0.25) is 10.2 Å².